The van der Waals surface area contributed by atoms with Crippen molar-refractivity contribution in [3.05, 3.63) is 46.3 Å². The molecule has 0 aliphatic rings. The molecule has 1 N–H and O–H groups in total. The molecule has 158 valence electrons. The number of aromatic nitrogens is 2. The fraction of sp³-hybridized carbons (Fsp3) is 0.450. The summed E-state index contributed by atoms with van der Waals surface area (Å²) >= 11 is 0. The summed E-state index contributed by atoms with van der Waals surface area (Å²) in [5, 5.41) is 6.77. The molecule has 0 spiro atoms. The van der Waals surface area contributed by atoms with Gasteiger partial charge >= 0.3 is 6.18 Å². The zero-order valence-corrected chi connectivity index (χ0v) is 17.1. The van der Waals surface area contributed by atoms with Crippen LogP contribution in [0, 0.1) is 13.8 Å². The van der Waals surface area contributed by atoms with Gasteiger partial charge in [-0.05, 0) is 51.0 Å². The Morgan fingerprint density at radius 1 is 1.17 bits per heavy atom. The molecule has 0 unspecified atom stereocenters. The number of alkyl halides is 3. The number of rotatable bonds is 6. The minimum atomic E-state index is -4.65. The van der Waals surface area contributed by atoms with Crippen molar-refractivity contribution >= 4 is 17.5 Å². The number of carbonyl (C=O) groups is 2. The van der Waals surface area contributed by atoms with Crippen molar-refractivity contribution in [2.45, 2.75) is 46.8 Å². The topological polar surface area (TPSA) is 67.2 Å². The predicted molar refractivity (Wildman–Crippen MR) is 104 cm³/mol. The Bertz CT molecular complexity index is 919. The number of benzene rings is 1. The van der Waals surface area contributed by atoms with Crippen LogP contribution in [0.15, 0.2) is 18.2 Å². The molecular formula is C20H25F3N4O2. The zero-order chi connectivity index (χ0) is 21.9. The lowest BCUT2D eigenvalue weighted by atomic mass is 10.1. The lowest BCUT2D eigenvalue weighted by molar-refractivity contribution is -0.137. The van der Waals surface area contributed by atoms with Crippen molar-refractivity contribution in [1.82, 2.24) is 14.7 Å². The van der Waals surface area contributed by atoms with Gasteiger partial charge in [0, 0.05) is 30.5 Å². The van der Waals surface area contributed by atoms with Gasteiger partial charge in [-0.1, -0.05) is 6.92 Å². The van der Waals surface area contributed by atoms with Gasteiger partial charge in [0.05, 0.1) is 11.3 Å². The van der Waals surface area contributed by atoms with E-state index in [9.17, 15) is 22.8 Å². The van der Waals surface area contributed by atoms with Gasteiger partial charge in [0.1, 0.15) is 6.54 Å². The van der Waals surface area contributed by atoms with Gasteiger partial charge < -0.3 is 10.2 Å². The van der Waals surface area contributed by atoms with Crippen molar-refractivity contribution in [1.29, 1.82) is 0 Å². The van der Waals surface area contributed by atoms with Gasteiger partial charge in [0.2, 0.25) is 5.91 Å². The second-order valence-electron chi connectivity index (χ2n) is 6.82. The van der Waals surface area contributed by atoms with E-state index in [-0.39, 0.29) is 17.8 Å². The molecule has 29 heavy (non-hydrogen) atoms. The molecule has 1 aromatic heterocycles. The summed E-state index contributed by atoms with van der Waals surface area (Å²) in [5.74, 6) is -1.08. The molecule has 1 aromatic carbocycles. The SMILES string of the molecule is CCc1c(C)nn(CC(=O)Nc2cc(C(=O)N(C)CC)cc(C(F)(F)F)c2)c1C. The monoisotopic (exact) mass is 410 g/mol. The average Bonchev–Trinajstić information content (AvgIpc) is 2.91. The van der Waals surface area contributed by atoms with Crippen LogP contribution in [-0.2, 0) is 23.9 Å². The predicted octanol–water partition coefficient (Wildman–Crippen LogP) is 3.81. The van der Waals surface area contributed by atoms with E-state index in [4.69, 9.17) is 0 Å². The maximum absolute atomic E-state index is 13.3. The van der Waals surface area contributed by atoms with Crippen LogP contribution in [0.5, 0.6) is 0 Å². The van der Waals surface area contributed by atoms with Crippen LogP contribution < -0.4 is 5.32 Å². The van der Waals surface area contributed by atoms with Crippen molar-refractivity contribution in [3.8, 4) is 0 Å². The number of hydrogen-bond donors (Lipinski definition) is 1. The van der Waals surface area contributed by atoms with Gasteiger partial charge in [-0.3, -0.25) is 14.3 Å². The largest absolute Gasteiger partial charge is 0.416 e. The molecule has 9 heteroatoms. The standard InChI is InChI=1S/C20H25F3N4O2/c1-6-17-12(3)25-27(13(17)4)11-18(28)24-16-9-14(19(29)26(5)7-2)8-15(10-16)20(21,22)23/h8-10H,6-7,11H2,1-5H3,(H,24,28). The van der Waals surface area contributed by atoms with Crippen molar-refractivity contribution in [2.75, 3.05) is 18.9 Å². The first-order valence-electron chi connectivity index (χ1n) is 9.28. The highest BCUT2D eigenvalue weighted by Crippen LogP contribution is 2.32. The van der Waals surface area contributed by atoms with E-state index in [0.29, 0.717) is 6.54 Å². The average molecular weight is 410 g/mol. The molecule has 0 radical (unpaired) electrons. The highest BCUT2D eigenvalue weighted by molar-refractivity contribution is 5.97. The highest BCUT2D eigenvalue weighted by atomic mass is 19.4. The van der Waals surface area contributed by atoms with Crippen LogP contribution in [0.25, 0.3) is 0 Å². The molecule has 2 rings (SSSR count). The third kappa shape index (κ3) is 5.16. The molecular weight excluding hydrogens is 385 g/mol. The number of carbonyl (C=O) groups excluding carboxylic acids is 2. The Labute approximate surface area is 167 Å². The van der Waals surface area contributed by atoms with E-state index < -0.39 is 23.6 Å². The van der Waals surface area contributed by atoms with Gasteiger partial charge in [-0.15, -0.1) is 0 Å². The molecule has 0 atom stereocenters. The smallest absolute Gasteiger partial charge is 0.342 e. The summed E-state index contributed by atoms with van der Waals surface area (Å²) in [7, 11) is 1.50. The number of anilines is 1. The summed E-state index contributed by atoms with van der Waals surface area (Å²) < 4.78 is 41.3. The van der Waals surface area contributed by atoms with Gasteiger partial charge in [-0.2, -0.15) is 18.3 Å². The third-order valence-electron chi connectivity index (χ3n) is 4.79. The molecule has 6 nitrogen and oxygen atoms in total. The summed E-state index contributed by atoms with van der Waals surface area (Å²) in [4.78, 5) is 26.1. The Morgan fingerprint density at radius 3 is 2.34 bits per heavy atom. The third-order valence-corrected chi connectivity index (χ3v) is 4.79. The molecule has 0 saturated heterocycles. The maximum atomic E-state index is 13.3. The molecule has 0 bridgehead atoms. The molecule has 0 aliphatic heterocycles. The summed E-state index contributed by atoms with van der Waals surface area (Å²) in [6.07, 6.45) is -3.88. The fourth-order valence-corrected chi connectivity index (χ4v) is 3.09. The molecule has 1 heterocycles. The Balaban J connectivity index is 2.31. The molecule has 0 aliphatic carbocycles. The summed E-state index contributed by atoms with van der Waals surface area (Å²) in [5.41, 5.74) is 1.46. The molecule has 0 fully saturated rings. The van der Waals surface area contributed by atoms with Crippen LogP contribution >= 0.6 is 0 Å². The second kappa shape index (κ2) is 8.67. The quantitative estimate of drug-likeness (QED) is 0.788. The van der Waals surface area contributed by atoms with E-state index in [1.165, 1.54) is 22.7 Å². The van der Waals surface area contributed by atoms with Crippen LogP contribution in [0.4, 0.5) is 18.9 Å². The number of hydrogen-bond acceptors (Lipinski definition) is 3. The second-order valence-corrected chi connectivity index (χ2v) is 6.82. The Morgan fingerprint density at radius 2 is 1.83 bits per heavy atom. The van der Waals surface area contributed by atoms with E-state index in [1.807, 2.05) is 20.8 Å². The van der Waals surface area contributed by atoms with E-state index >= 15 is 0 Å². The molecule has 0 saturated carbocycles. The normalized spacial score (nSPS) is 11.4. The van der Waals surface area contributed by atoms with Crippen molar-refractivity contribution in [3.63, 3.8) is 0 Å². The summed E-state index contributed by atoms with van der Waals surface area (Å²) in [6, 6.07) is 2.86. The Kier molecular flexibility index (Phi) is 6.71. The van der Waals surface area contributed by atoms with Crippen LogP contribution in [0.2, 0.25) is 0 Å². The number of halogens is 3. The number of nitrogens with one attached hydrogen (secondary N) is 1. The van der Waals surface area contributed by atoms with Gasteiger partial charge in [0.15, 0.2) is 0 Å². The zero-order valence-electron chi connectivity index (χ0n) is 17.1. The van der Waals surface area contributed by atoms with Crippen LogP contribution in [0.1, 0.15) is 46.7 Å². The minimum absolute atomic E-state index is 0.0880. The maximum Gasteiger partial charge on any atom is 0.416 e. The Hall–Kier alpha value is -2.84. The first kappa shape index (κ1) is 22.4. The first-order chi connectivity index (χ1) is 13.5. The van der Waals surface area contributed by atoms with Crippen molar-refractivity contribution in [2.24, 2.45) is 0 Å². The van der Waals surface area contributed by atoms with E-state index in [0.717, 1.165) is 35.5 Å². The van der Waals surface area contributed by atoms with Crippen LogP contribution in [0.3, 0.4) is 0 Å². The fourth-order valence-electron chi connectivity index (χ4n) is 3.09. The lowest BCUT2D eigenvalue weighted by Crippen LogP contribution is -2.27. The van der Waals surface area contributed by atoms with Crippen LogP contribution in [-0.4, -0.2) is 40.1 Å². The number of aryl methyl sites for hydroxylation is 1. The first-order valence-corrected chi connectivity index (χ1v) is 9.28. The highest BCUT2D eigenvalue weighted by Gasteiger charge is 2.32. The lowest BCUT2D eigenvalue weighted by Gasteiger charge is -2.17. The number of nitrogens with zero attached hydrogens (tertiary/aromatic N) is 3. The number of amides is 2. The van der Waals surface area contributed by atoms with E-state index in [2.05, 4.69) is 10.4 Å². The van der Waals surface area contributed by atoms with Gasteiger partial charge in [-0.25, -0.2) is 0 Å². The minimum Gasteiger partial charge on any atom is -0.342 e. The molecule has 2 aromatic rings. The van der Waals surface area contributed by atoms with E-state index in [1.54, 1.807) is 6.92 Å². The van der Waals surface area contributed by atoms with Gasteiger partial charge in [0.25, 0.3) is 5.91 Å². The summed E-state index contributed by atoms with van der Waals surface area (Å²) in [6.45, 7) is 7.58. The molecule has 2 amide bonds. The van der Waals surface area contributed by atoms with Crippen molar-refractivity contribution < 1.29 is 22.8 Å².